The number of hydrogen-bond acceptors (Lipinski definition) is 3. The number of carbonyl (C=O) groups is 1. The van der Waals surface area contributed by atoms with Crippen molar-refractivity contribution in [2.24, 2.45) is 7.05 Å². The summed E-state index contributed by atoms with van der Waals surface area (Å²) in [6.07, 6.45) is 2.90. The second kappa shape index (κ2) is 6.01. The highest BCUT2D eigenvalue weighted by atomic mass is 32.2. The lowest BCUT2D eigenvalue weighted by molar-refractivity contribution is -0.123. The van der Waals surface area contributed by atoms with Gasteiger partial charge in [-0.2, -0.15) is 5.10 Å². The van der Waals surface area contributed by atoms with Crippen molar-refractivity contribution in [3.8, 4) is 11.3 Å². The number of hydrogen-bond donors (Lipinski definition) is 0. The summed E-state index contributed by atoms with van der Waals surface area (Å²) in [5, 5.41) is 4.87. The zero-order valence-electron chi connectivity index (χ0n) is 13.0. The fourth-order valence-corrected chi connectivity index (χ4v) is 3.85. The highest BCUT2D eigenvalue weighted by Crippen LogP contribution is 2.44. The smallest absolute Gasteiger partial charge is 0.259 e. The van der Waals surface area contributed by atoms with E-state index in [-0.39, 0.29) is 11.2 Å². The molecule has 0 fully saturated rings. The summed E-state index contributed by atoms with van der Waals surface area (Å²) >= 11 is 1.63. The minimum absolute atomic E-state index is 0.0814. The van der Waals surface area contributed by atoms with Gasteiger partial charge in [0.1, 0.15) is 0 Å². The Kier molecular flexibility index (Phi) is 4.07. The number of benzene rings is 1. The molecule has 1 unspecified atom stereocenters. The van der Waals surface area contributed by atoms with Gasteiger partial charge in [0.15, 0.2) is 0 Å². The summed E-state index contributed by atoms with van der Waals surface area (Å²) in [5.41, 5.74) is 3.25. The van der Waals surface area contributed by atoms with Crippen molar-refractivity contribution in [1.82, 2.24) is 14.7 Å². The maximum atomic E-state index is 12.0. The van der Waals surface area contributed by atoms with E-state index >= 15 is 0 Å². The monoisotopic (exact) mass is 313 g/mol. The van der Waals surface area contributed by atoms with Crippen molar-refractivity contribution in [3.63, 3.8) is 0 Å². The lowest BCUT2D eigenvalue weighted by Gasteiger charge is -2.13. The van der Waals surface area contributed by atoms with E-state index in [1.807, 2.05) is 36.0 Å². The molecule has 1 atom stereocenters. The van der Waals surface area contributed by atoms with E-state index in [9.17, 15) is 4.79 Å². The van der Waals surface area contributed by atoms with Gasteiger partial charge in [-0.1, -0.05) is 36.4 Å². The first-order valence-corrected chi connectivity index (χ1v) is 8.12. The molecule has 0 spiro atoms. The molecule has 4 nitrogen and oxygen atoms in total. The summed E-state index contributed by atoms with van der Waals surface area (Å²) in [5.74, 6) is 0.0814. The molecule has 22 heavy (non-hydrogen) atoms. The molecular weight excluding hydrogens is 294 g/mol. The van der Waals surface area contributed by atoms with Gasteiger partial charge >= 0.3 is 0 Å². The average molecular weight is 313 g/mol. The summed E-state index contributed by atoms with van der Waals surface area (Å²) < 4.78 is 1.93. The fourth-order valence-electron chi connectivity index (χ4n) is 2.54. The van der Waals surface area contributed by atoms with Crippen LogP contribution in [0.2, 0.25) is 0 Å². The number of nitrogens with zero attached hydrogens (tertiary/aromatic N) is 3. The van der Waals surface area contributed by atoms with Gasteiger partial charge in [0.05, 0.1) is 21.5 Å². The molecule has 0 aliphatic carbocycles. The Bertz CT molecular complexity index is 719. The summed E-state index contributed by atoms with van der Waals surface area (Å²) in [6, 6.07) is 12.3. The Balaban J connectivity index is 1.80. The summed E-state index contributed by atoms with van der Waals surface area (Å²) in [7, 11) is 5.54. The van der Waals surface area contributed by atoms with Crippen LogP contribution in [0.15, 0.2) is 47.4 Å². The van der Waals surface area contributed by atoms with Gasteiger partial charge in [-0.3, -0.25) is 9.48 Å². The van der Waals surface area contributed by atoms with Gasteiger partial charge in [-0.05, 0) is 12.5 Å². The first kappa shape index (κ1) is 14.9. The van der Waals surface area contributed by atoms with Crippen LogP contribution in [-0.4, -0.2) is 34.7 Å². The highest BCUT2D eigenvalue weighted by molar-refractivity contribution is 8.04. The number of thioether (sulfide) groups is 1. The van der Waals surface area contributed by atoms with Crippen LogP contribution in [0.1, 0.15) is 17.4 Å². The van der Waals surface area contributed by atoms with Crippen molar-refractivity contribution in [2.45, 2.75) is 11.7 Å². The van der Waals surface area contributed by atoms with Crippen LogP contribution in [0.3, 0.4) is 0 Å². The Morgan fingerprint density at radius 1 is 1.32 bits per heavy atom. The second-order valence-electron chi connectivity index (χ2n) is 5.55. The van der Waals surface area contributed by atoms with Crippen molar-refractivity contribution in [3.05, 3.63) is 53.1 Å². The molecule has 2 heterocycles. The molecule has 1 aliphatic rings. The van der Waals surface area contributed by atoms with Gasteiger partial charge in [0.25, 0.3) is 5.91 Å². The zero-order chi connectivity index (χ0) is 15.7. The standard InChI is InChI=1S/C17H19N3OS/c1-19(2)17(21)16-10-9-15(22-16)14-11-13(18-20(14)3)12-7-5-4-6-8-12/h4-8,10-11,15H,9H2,1-3H3. The van der Waals surface area contributed by atoms with Crippen molar-refractivity contribution >= 4 is 17.7 Å². The van der Waals surface area contributed by atoms with Crippen LogP contribution in [0, 0.1) is 0 Å². The Labute approximate surface area is 134 Å². The summed E-state index contributed by atoms with van der Waals surface area (Å²) in [4.78, 5) is 14.5. The third-order valence-corrected chi connectivity index (χ3v) is 5.03. The number of likely N-dealkylation sites (N-methyl/N-ethyl adjacent to an activating group) is 1. The topological polar surface area (TPSA) is 38.1 Å². The molecular formula is C17H19N3OS. The SMILES string of the molecule is CN(C)C(=O)C1=CCC(c2cc(-c3ccccc3)nn2C)S1. The number of rotatable bonds is 3. The zero-order valence-corrected chi connectivity index (χ0v) is 13.8. The molecule has 1 aromatic carbocycles. The van der Waals surface area contributed by atoms with E-state index in [0.717, 1.165) is 28.3 Å². The Hall–Kier alpha value is -2.01. The number of amides is 1. The van der Waals surface area contributed by atoms with Crippen molar-refractivity contribution in [1.29, 1.82) is 0 Å². The molecule has 0 N–H and O–H groups in total. The average Bonchev–Trinajstić information content (AvgIpc) is 3.13. The van der Waals surface area contributed by atoms with E-state index in [1.165, 1.54) is 0 Å². The van der Waals surface area contributed by atoms with Crippen LogP contribution >= 0.6 is 11.8 Å². The number of carbonyl (C=O) groups excluding carboxylic acids is 1. The predicted octanol–water partition coefficient (Wildman–Crippen LogP) is 3.24. The molecule has 0 saturated heterocycles. The summed E-state index contributed by atoms with van der Waals surface area (Å²) in [6.45, 7) is 0. The number of allylic oxidation sites excluding steroid dienone is 1. The van der Waals surface area contributed by atoms with E-state index in [4.69, 9.17) is 0 Å². The fraction of sp³-hybridized carbons (Fsp3) is 0.294. The molecule has 2 aromatic rings. The van der Waals surface area contributed by atoms with Crippen LogP contribution in [0.25, 0.3) is 11.3 Å². The molecule has 0 saturated carbocycles. The predicted molar refractivity (Wildman–Crippen MR) is 90.4 cm³/mol. The highest BCUT2D eigenvalue weighted by Gasteiger charge is 2.27. The van der Waals surface area contributed by atoms with Crippen LogP contribution in [-0.2, 0) is 11.8 Å². The molecule has 1 aromatic heterocycles. The Morgan fingerprint density at radius 3 is 2.73 bits per heavy atom. The van der Waals surface area contributed by atoms with Crippen molar-refractivity contribution < 1.29 is 4.79 Å². The normalized spacial score (nSPS) is 17.4. The maximum Gasteiger partial charge on any atom is 0.259 e. The maximum absolute atomic E-state index is 12.0. The number of aromatic nitrogens is 2. The van der Waals surface area contributed by atoms with Gasteiger partial charge in [-0.25, -0.2) is 0 Å². The van der Waals surface area contributed by atoms with Gasteiger partial charge < -0.3 is 4.90 Å². The molecule has 1 aliphatic heterocycles. The second-order valence-corrected chi connectivity index (χ2v) is 6.80. The molecule has 5 heteroatoms. The van der Waals surface area contributed by atoms with Crippen LogP contribution < -0.4 is 0 Å². The van der Waals surface area contributed by atoms with Gasteiger partial charge in [0, 0.05) is 26.7 Å². The van der Waals surface area contributed by atoms with Gasteiger partial charge in [0.2, 0.25) is 0 Å². The lowest BCUT2D eigenvalue weighted by atomic mass is 10.1. The van der Waals surface area contributed by atoms with E-state index in [1.54, 1.807) is 30.8 Å². The first-order valence-electron chi connectivity index (χ1n) is 7.24. The largest absolute Gasteiger partial charge is 0.344 e. The lowest BCUT2D eigenvalue weighted by Crippen LogP contribution is -2.21. The van der Waals surface area contributed by atoms with E-state index < -0.39 is 0 Å². The third kappa shape index (κ3) is 2.81. The quantitative estimate of drug-likeness (QED) is 0.873. The van der Waals surface area contributed by atoms with Crippen LogP contribution in [0.4, 0.5) is 0 Å². The molecule has 0 radical (unpaired) electrons. The number of aryl methyl sites for hydroxylation is 1. The van der Waals surface area contributed by atoms with E-state index in [0.29, 0.717) is 0 Å². The minimum Gasteiger partial charge on any atom is -0.344 e. The van der Waals surface area contributed by atoms with E-state index in [2.05, 4.69) is 23.3 Å². The molecule has 0 bridgehead atoms. The van der Waals surface area contributed by atoms with Gasteiger partial charge in [-0.15, -0.1) is 11.8 Å². The Morgan fingerprint density at radius 2 is 2.05 bits per heavy atom. The third-order valence-electron chi connectivity index (χ3n) is 3.72. The minimum atomic E-state index is 0.0814. The molecule has 1 amide bonds. The first-order chi connectivity index (χ1) is 10.6. The molecule has 114 valence electrons. The molecule has 3 rings (SSSR count). The van der Waals surface area contributed by atoms with Crippen molar-refractivity contribution in [2.75, 3.05) is 14.1 Å². The van der Waals surface area contributed by atoms with Crippen LogP contribution in [0.5, 0.6) is 0 Å².